The van der Waals surface area contributed by atoms with E-state index >= 15 is 0 Å². The van der Waals surface area contributed by atoms with Crippen LogP contribution in [0.2, 0.25) is 0 Å². The summed E-state index contributed by atoms with van der Waals surface area (Å²) in [6, 6.07) is 5.49. The Labute approximate surface area is 110 Å². The molecule has 0 aliphatic carbocycles. The molecule has 1 aromatic rings. The molecule has 6 heteroatoms. The Morgan fingerprint density at radius 2 is 2.32 bits per heavy atom. The fraction of sp³-hybridized carbons (Fsp3) is 0.462. The molecule has 1 N–H and O–H groups in total. The van der Waals surface area contributed by atoms with Crippen LogP contribution in [-0.4, -0.2) is 54.9 Å². The van der Waals surface area contributed by atoms with Crippen molar-refractivity contribution in [2.45, 2.75) is 6.04 Å². The van der Waals surface area contributed by atoms with Gasteiger partial charge in [0.2, 0.25) is 0 Å². The third-order valence-corrected chi connectivity index (χ3v) is 3.00. The van der Waals surface area contributed by atoms with Crippen LogP contribution in [0.25, 0.3) is 0 Å². The number of benzene rings is 1. The largest absolute Gasteiger partial charge is 0.489 e. The zero-order chi connectivity index (χ0) is 13.7. The number of hydrogen-bond donors (Lipinski definition) is 1. The lowest BCUT2D eigenvalue weighted by atomic mass is 10.2. The lowest BCUT2D eigenvalue weighted by molar-refractivity contribution is -0.149. The van der Waals surface area contributed by atoms with E-state index < -0.39 is 17.8 Å². The normalized spacial score (nSPS) is 20.2. The number of nitrogens with zero attached hydrogens (tertiary/aromatic N) is 1. The van der Waals surface area contributed by atoms with E-state index in [1.807, 2.05) is 0 Å². The van der Waals surface area contributed by atoms with Crippen molar-refractivity contribution >= 4 is 5.97 Å². The summed E-state index contributed by atoms with van der Waals surface area (Å²) in [5.41, 5.74) is 0. The molecule has 1 aromatic carbocycles. The van der Waals surface area contributed by atoms with Crippen LogP contribution < -0.4 is 4.74 Å². The van der Waals surface area contributed by atoms with Crippen molar-refractivity contribution in [1.82, 2.24) is 4.90 Å². The van der Waals surface area contributed by atoms with Crippen LogP contribution in [0, 0.1) is 5.82 Å². The first-order valence-electron chi connectivity index (χ1n) is 6.10. The molecule has 1 atom stereocenters. The molecule has 1 fully saturated rings. The van der Waals surface area contributed by atoms with E-state index in [1.165, 1.54) is 6.07 Å². The van der Waals surface area contributed by atoms with Crippen molar-refractivity contribution in [3.8, 4) is 5.75 Å². The molecule has 1 aliphatic rings. The summed E-state index contributed by atoms with van der Waals surface area (Å²) >= 11 is 0. The fourth-order valence-corrected chi connectivity index (χ4v) is 1.97. The predicted octanol–water partition coefficient (Wildman–Crippen LogP) is 0.990. The van der Waals surface area contributed by atoms with E-state index in [2.05, 4.69) is 0 Å². The minimum absolute atomic E-state index is 0.176. The van der Waals surface area contributed by atoms with Gasteiger partial charge in [-0.15, -0.1) is 0 Å². The number of morpholine rings is 1. The van der Waals surface area contributed by atoms with Gasteiger partial charge in [-0.05, 0) is 12.1 Å². The monoisotopic (exact) mass is 269 g/mol. The second-order valence-electron chi connectivity index (χ2n) is 4.24. The second kappa shape index (κ2) is 6.49. The van der Waals surface area contributed by atoms with Crippen molar-refractivity contribution in [3.63, 3.8) is 0 Å². The van der Waals surface area contributed by atoms with Gasteiger partial charge in [0, 0.05) is 13.1 Å². The maximum absolute atomic E-state index is 13.3. The predicted molar refractivity (Wildman–Crippen MR) is 65.7 cm³/mol. The summed E-state index contributed by atoms with van der Waals surface area (Å²) in [4.78, 5) is 12.8. The quantitative estimate of drug-likeness (QED) is 0.864. The summed E-state index contributed by atoms with van der Waals surface area (Å²) in [6.45, 7) is 1.88. The van der Waals surface area contributed by atoms with E-state index in [9.17, 15) is 9.18 Å². The molecule has 0 saturated carbocycles. The van der Waals surface area contributed by atoms with Gasteiger partial charge in [0.25, 0.3) is 0 Å². The number of carboxylic acid groups (broad SMARTS) is 1. The highest BCUT2D eigenvalue weighted by Gasteiger charge is 2.28. The summed E-state index contributed by atoms with van der Waals surface area (Å²) in [5, 5.41) is 9.05. The number of ether oxygens (including phenoxy) is 2. The molecule has 1 saturated heterocycles. The number of aliphatic carboxylic acids is 1. The van der Waals surface area contributed by atoms with Gasteiger partial charge < -0.3 is 14.6 Å². The first-order valence-corrected chi connectivity index (χ1v) is 6.10. The molecule has 0 radical (unpaired) electrons. The SMILES string of the molecule is O=C(O)C1COCCN1CCOc1ccccc1F. The molecule has 0 spiro atoms. The standard InChI is InChI=1S/C13H16FNO4/c14-10-3-1-2-4-12(10)19-8-6-15-5-7-18-9-11(15)13(16)17/h1-4,11H,5-9H2,(H,16,17). The topological polar surface area (TPSA) is 59.0 Å². The molecular weight excluding hydrogens is 253 g/mol. The molecule has 5 nitrogen and oxygen atoms in total. The summed E-state index contributed by atoms with van der Waals surface area (Å²) in [5.74, 6) is -1.15. The van der Waals surface area contributed by atoms with Crippen LogP contribution >= 0.6 is 0 Å². The van der Waals surface area contributed by atoms with Crippen LogP contribution in [0.4, 0.5) is 4.39 Å². The fourth-order valence-electron chi connectivity index (χ4n) is 1.97. The number of hydrogen-bond acceptors (Lipinski definition) is 4. The van der Waals surface area contributed by atoms with Gasteiger partial charge in [-0.25, -0.2) is 4.39 Å². The lowest BCUT2D eigenvalue weighted by Crippen LogP contribution is -2.51. The Balaban J connectivity index is 1.84. The molecule has 1 heterocycles. The van der Waals surface area contributed by atoms with Crippen LogP contribution in [0.1, 0.15) is 0 Å². The Morgan fingerprint density at radius 1 is 1.53 bits per heavy atom. The zero-order valence-electron chi connectivity index (χ0n) is 10.4. The summed E-state index contributed by atoms with van der Waals surface area (Å²) < 4.78 is 23.8. The Hall–Kier alpha value is -1.66. The first-order chi connectivity index (χ1) is 9.18. The van der Waals surface area contributed by atoms with E-state index in [4.69, 9.17) is 14.6 Å². The van der Waals surface area contributed by atoms with E-state index in [0.29, 0.717) is 19.7 Å². The number of carbonyl (C=O) groups is 1. The van der Waals surface area contributed by atoms with Crippen molar-refractivity contribution in [2.75, 3.05) is 32.9 Å². The highest BCUT2D eigenvalue weighted by atomic mass is 19.1. The Kier molecular flexibility index (Phi) is 4.70. The van der Waals surface area contributed by atoms with Gasteiger partial charge in [0.05, 0.1) is 13.2 Å². The highest BCUT2D eigenvalue weighted by Crippen LogP contribution is 2.15. The van der Waals surface area contributed by atoms with Crippen LogP contribution in [0.5, 0.6) is 5.75 Å². The molecule has 0 aromatic heterocycles. The molecule has 19 heavy (non-hydrogen) atoms. The molecule has 104 valence electrons. The summed E-state index contributed by atoms with van der Waals surface area (Å²) in [7, 11) is 0. The number of halogens is 1. The van der Waals surface area contributed by atoms with Gasteiger partial charge in [-0.2, -0.15) is 0 Å². The Bertz CT molecular complexity index is 440. The third kappa shape index (κ3) is 3.65. The zero-order valence-corrected chi connectivity index (χ0v) is 10.4. The van der Waals surface area contributed by atoms with Crippen LogP contribution in [0.3, 0.4) is 0 Å². The van der Waals surface area contributed by atoms with Crippen molar-refractivity contribution < 1.29 is 23.8 Å². The average Bonchev–Trinajstić information content (AvgIpc) is 2.41. The van der Waals surface area contributed by atoms with E-state index in [1.54, 1.807) is 23.1 Å². The molecular formula is C13H16FNO4. The third-order valence-electron chi connectivity index (χ3n) is 3.00. The number of para-hydroxylation sites is 1. The lowest BCUT2D eigenvalue weighted by Gasteiger charge is -2.32. The number of rotatable bonds is 5. The maximum atomic E-state index is 13.3. The number of carboxylic acids is 1. The molecule has 0 bridgehead atoms. The Morgan fingerprint density at radius 3 is 3.05 bits per heavy atom. The van der Waals surface area contributed by atoms with Crippen LogP contribution in [-0.2, 0) is 9.53 Å². The summed E-state index contributed by atoms with van der Waals surface area (Å²) in [6.07, 6.45) is 0. The smallest absolute Gasteiger partial charge is 0.323 e. The van der Waals surface area contributed by atoms with Gasteiger partial charge in [0.1, 0.15) is 12.6 Å². The van der Waals surface area contributed by atoms with Gasteiger partial charge >= 0.3 is 5.97 Å². The molecule has 1 aliphatic heterocycles. The molecule has 1 unspecified atom stereocenters. The van der Waals surface area contributed by atoms with Crippen LogP contribution in [0.15, 0.2) is 24.3 Å². The van der Waals surface area contributed by atoms with E-state index in [-0.39, 0.29) is 19.0 Å². The molecule has 0 amide bonds. The van der Waals surface area contributed by atoms with Crippen molar-refractivity contribution in [3.05, 3.63) is 30.1 Å². The second-order valence-corrected chi connectivity index (χ2v) is 4.24. The van der Waals surface area contributed by atoms with Gasteiger partial charge in [-0.1, -0.05) is 12.1 Å². The highest BCUT2D eigenvalue weighted by molar-refractivity contribution is 5.73. The molecule has 2 rings (SSSR count). The minimum Gasteiger partial charge on any atom is -0.489 e. The first kappa shape index (κ1) is 13.8. The van der Waals surface area contributed by atoms with Crippen molar-refractivity contribution in [1.29, 1.82) is 0 Å². The minimum atomic E-state index is -0.911. The van der Waals surface area contributed by atoms with E-state index in [0.717, 1.165) is 0 Å². The maximum Gasteiger partial charge on any atom is 0.323 e. The van der Waals surface area contributed by atoms with Gasteiger partial charge in [0.15, 0.2) is 11.6 Å². The van der Waals surface area contributed by atoms with Gasteiger partial charge in [-0.3, -0.25) is 9.69 Å². The van der Waals surface area contributed by atoms with Crippen molar-refractivity contribution in [2.24, 2.45) is 0 Å². The average molecular weight is 269 g/mol.